The molecule has 2 rings (SSSR count). The van der Waals surface area contributed by atoms with Crippen molar-refractivity contribution in [3.8, 4) is 5.75 Å². The van der Waals surface area contributed by atoms with Crippen molar-refractivity contribution in [1.82, 2.24) is 0 Å². The zero-order chi connectivity index (χ0) is 13.8. The van der Waals surface area contributed by atoms with E-state index in [9.17, 15) is 4.79 Å². The molecule has 0 unspecified atom stereocenters. The minimum Gasteiger partial charge on any atom is -0.495 e. The Bertz CT molecular complexity index is 614. The molecule has 0 heterocycles. The lowest BCUT2D eigenvalue weighted by Crippen LogP contribution is -2.12. The maximum Gasteiger partial charge on any atom is 0.255 e. The largest absolute Gasteiger partial charge is 0.495 e. The highest BCUT2D eigenvalue weighted by molar-refractivity contribution is 6.32. The third-order valence-electron chi connectivity index (χ3n) is 2.56. The second-order valence-electron chi connectivity index (χ2n) is 3.93. The molecule has 2 aromatic rings. The number of ether oxygens (including phenoxy) is 1. The van der Waals surface area contributed by atoms with Gasteiger partial charge in [0, 0.05) is 16.9 Å². The Kier molecular flexibility index (Phi) is 3.92. The van der Waals surface area contributed by atoms with Crippen LogP contribution in [0.25, 0.3) is 0 Å². The van der Waals surface area contributed by atoms with Crippen molar-refractivity contribution in [2.45, 2.75) is 0 Å². The Morgan fingerprint density at radius 1 is 1.26 bits per heavy atom. The predicted molar refractivity (Wildman–Crippen MR) is 76.8 cm³/mol. The SMILES string of the molecule is COc1ccc(NC(=O)c2cccc(N)c2)cc1Cl. The number of nitrogens with two attached hydrogens (primary N) is 1. The summed E-state index contributed by atoms with van der Waals surface area (Å²) >= 11 is 5.99. The van der Waals surface area contributed by atoms with Gasteiger partial charge in [0.25, 0.3) is 5.91 Å². The van der Waals surface area contributed by atoms with Gasteiger partial charge in [0.15, 0.2) is 0 Å². The molecule has 0 aliphatic carbocycles. The number of anilines is 2. The molecule has 0 aliphatic rings. The van der Waals surface area contributed by atoms with Crippen LogP contribution in [0.5, 0.6) is 5.75 Å². The minimum atomic E-state index is -0.242. The average molecular weight is 277 g/mol. The summed E-state index contributed by atoms with van der Waals surface area (Å²) in [7, 11) is 1.53. The number of carbonyl (C=O) groups excluding carboxylic acids is 1. The highest BCUT2D eigenvalue weighted by Gasteiger charge is 2.08. The zero-order valence-electron chi connectivity index (χ0n) is 10.3. The highest BCUT2D eigenvalue weighted by atomic mass is 35.5. The smallest absolute Gasteiger partial charge is 0.255 e. The quantitative estimate of drug-likeness (QED) is 0.846. The first-order chi connectivity index (χ1) is 9.10. The Morgan fingerprint density at radius 3 is 2.68 bits per heavy atom. The Balaban J connectivity index is 2.17. The molecule has 0 saturated heterocycles. The van der Waals surface area contributed by atoms with Gasteiger partial charge in [-0.25, -0.2) is 0 Å². The van der Waals surface area contributed by atoms with Gasteiger partial charge in [-0.3, -0.25) is 4.79 Å². The molecule has 98 valence electrons. The van der Waals surface area contributed by atoms with Crippen molar-refractivity contribution in [3.05, 3.63) is 53.1 Å². The molecule has 0 radical (unpaired) electrons. The van der Waals surface area contributed by atoms with Crippen molar-refractivity contribution in [3.63, 3.8) is 0 Å². The molecule has 0 atom stereocenters. The number of rotatable bonds is 3. The Hall–Kier alpha value is -2.20. The number of carbonyl (C=O) groups is 1. The normalized spacial score (nSPS) is 10.0. The lowest BCUT2D eigenvalue weighted by atomic mass is 10.2. The molecule has 5 heteroatoms. The molecule has 19 heavy (non-hydrogen) atoms. The first kappa shape index (κ1) is 13.2. The van der Waals surface area contributed by atoms with Gasteiger partial charge >= 0.3 is 0 Å². The average Bonchev–Trinajstić information content (AvgIpc) is 2.39. The number of methoxy groups -OCH3 is 1. The summed E-state index contributed by atoms with van der Waals surface area (Å²) in [6.45, 7) is 0. The Morgan fingerprint density at radius 2 is 2.05 bits per heavy atom. The number of hydrogen-bond donors (Lipinski definition) is 2. The number of nitrogen functional groups attached to an aromatic ring is 1. The van der Waals surface area contributed by atoms with Gasteiger partial charge in [-0.1, -0.05) is 17.7 Å². The second-order valence-corrected chi connectivity index (χ2v) is 4.34. The van der Waals surface area contributed by atoms with Gasteiger partial charge in [0.05, 0.1) is 12.1 Å². The second kappa shape index (κ2) is 5.63. The van der Waals surface area contributed by atoms with E-state index >= 15 is 0 Å². The highest BCUT2D eigenvalue weighted by Crippen LogP contribution is 2.27. The number of halogens is 1. The van der Waals surface area contributed by atoms with Gasteiger partial charge in [-0.15, -0.1) is 0 Å². The van der Waals surface area contributed by atoms with Crippen molar-refractivity contribution < 1.29 is 9.53 Å². The van der Waals surface area contributed by atoms with E-state index in [0.29, 0.717) is 27.7 Å². The topological polar surface area (TPSA) is 64.3 Å². The van der Waals surface area contributed by atoms with E-state index in [-0.39, 0.29) is 5.91 Å². The summed E-state index contributed by atoms with van der Waals surface area (Å²) in [4.78, 5) is 12.0. The lowest BCUT2D eigenvalue weighted by Gasteiger charge is -2.08. The third-order valence-corrected chi connectivity index (χ3v) is 2.85. The van der Waals surface area contributed by atoms with E-state index in [1.165, 1.54) is 7.11 Å². The summed E-state index contributed by atoms with van der Waals surface area (Å²) in [5, 5.41) is 3.18. The summed E-state index contributed by atoms with van der Waals surface area (Å²) in [5.41, 5.74) is 7.26. The first-order valence-corrected chi connectivity index (χ1v) is 5.98. The van der Waals surface area contributed by atoms with E-state index < -0.39 is 0 Å². The van der Waals surface area contributed by atoms with Gasteiger partial charge in [0.2, 0.25) is 0 Å². The van der Waals surface area contributed by atoms with Crippen LogP contribution in [0, 0.1) is 0 Å². The molecular formula is C14H13ClN2O2. The summed E-state index contributed by atoms with van der Waals surface area (Å²) < 4.78 is 5.04. The van der Waals surface area contributed by atoms with E-state index in [0.717, 1.165) is 0 Å². The fraction of sp³-hybridized carbons (Fsp3) is 0.0714. The van der Waals surface area contributed by atoms with Crippen LogP contribution in [0.2, 0.25) is 5.02 Å². The lowest BCUT2D eigenvalue weighted by molar-refractivity contribution is 0.102. The molecule has 0 bridgehead atoms. The standard InChI is InChI=1S/C14H13ClN2O2/c1-19-13-6-5-11(8-12(13)15)17-14(18)9-3-2-4-10(16)7-9/h2-8H,16H2,1H3,(H,17,18). The summed E-state index contributed by atoms with van der Waals surface area (Å²) in [6, 6.07) is 11.8. The van der Waals surface area contributed by atoms with Crippen LogP contribution in [-0.4, -0.2) is 13.0 Å². The maximum atomic E-state index is 12.0. The van der Waals surface area contributed by atoms with Crippen LogP contribution in [0.1, 0.15) is 10.4 Å². The van der Waals surface area contributed by atoms with Crippen LogP contribution in [-0.2, 0) is 0 Å². The third kappa shape index (κ3) is 3.17. The molecule has 3 N–H and O–H groups in total. The van der Waals surface area contributed by atoms with Crippen molar-refractivity contribution >= 4 is 28.9 Å². The van der Waals surface area contributed by atoms with Gasteiger partial charge in [-0.2, -0.15) is 0 Å². The van der Waals surface area contributed by atoms with Crippen molar-refractivity contribution in [1.29, 1.82) is 0 Å². The number of amides is 1. The fourth-order valence-corrected chi connectivity index (χ4v) is 1.89. The van der Waals surface area contributed by atoms with Crippen LogP contribution in [0.3, 0.4) is 0 Å². The van der Waals surface area contributed by atoms with Crippen molar-refractivity contribution in [2.24, 2.45) is 0 Å². The number of nitrogens with one attached hydrogen (secondary N) is 1. The van der Waals surface area contributed by atoms with E-state index in [1.54, 1.807) is 42.5 Å². The van der Waals surface area contributed by atoms with E-state index in [1.807, 2.05) is 0 Å². The molecule has 2 aromatic carbocycles. The fourth-order valence-electron chi connectivity index (χ4n) is 1.63. The first-order valence-electron chi connectivity index (χ1n) is 5.60. The van der Waals surface area contributed by atoms with Crippen LogP contribution >= 0.6 is 11.6 Å². The molecular weight excluding hydrogens is 264 g/mol. The number of hydrogen-bond acceptors (Lipinski definition) is 3. The number of benzene rings is 2. The van der Waals surface area contributed by atoms with Crippen LogP contribution < -0.4 is 15.8 Å². The molecule has 0 fully saturated rings. The molecule has 0 spiro atoms. The maximum absolute atomic E-state index is 12.0. The molecule has 0 saturated carbocycles. The van der Waals surface area contributed by atoms with Crippen molar-refractivity contribution in [2.75, 3.05) is 18.2 Å². The van der Waals surface area contributed by atoms with Crippen LogP contribution in [0.15, 0.2) is 42.5 Å². The molecule has 0 aromatic heterocycles. The van der Waals surface area contributed by atoms with E-state index in [4.69, 9.17) is 22.1 Å². The Labute approximate surface area is 116 Å². The molecule has 1 amide bonds. The monoisotopic (exact) mass is 276 g/mol. The minimum absolute atomic E-state index is 0.242. The van der Waals surface area contributed by atoms with Crippen LogP contribution in [0.4, 0.5) is 11.4 Å². The molecule has 4 nitrogen and oxygen atoms in total. The van der Waals surface area contributed by atoms with Gasteiger partial charge in [-0.05, 0) is 36.4 Å². The molecule has 0 aliphatic heterocycles. The van der Waals surface area contributed by atoms with E-state index in [2.05, 4.69) is 5.32 Å². The summed E-state index contributed by atoms with van der Waals surface area (Å²) in [5.74, 6) is 0.317. The summed E-state index contributed by atoms with van der Waals surface area (Å²) in [6.07, 6.45) is 0. The zero-order valence-corrected chi connectivity index (χ0v) is 11.1. The predicted octanol–water partition coefficient (Wildman–Crippen LogP) is 3.18. The van der Waals surface area contributed by atoms with Gasteiger partial charge in [0.1, 0.15) is 5.75 Å². The van der Waals surface area contributed by atoms with Gasteiger partial charge < -0.3 is 15.8 Å².